The molecule has 1 aromatic heterocycles. The van der Waals surface area contributed by atoms with Gasteiger partial charge in [-0.1, -0.05) is 19.1 Å². The largest absolute Gasteiger partial charge is 0.357 e. The third kappa shape index (κ3) is 5.81. The molecule has 0 spiro atoms. The summed E-state index contributed by atoms with van der Waals surface area (Å²) in [7, 11) is -3.36. The molecule has 0 bridgehead atoms. The van der Waals surface area contributed by atoms with Gasteiger partial charge in [0.25, 0.3) is 0 Å². The number of aryl methyl sites for hydroxylation is 1. The Morgan fingerprint density at radius 2 is 1.72 bits per heavy atom. The Labute approximate surface area is 178 Å². The Morgan fingerprint density at radius 1 is 1.03 bits per heavy atom. The van der Waals surface area contributed by atoms with Crippen LogP contribution in [0.4, 0.5) is 0 Å². The van der Waals surface area contributed by atoms with E-state index in [1.165, 1.54) is 9.75 Å². The average Bonchev–Trinajstić information content (AvgIpc) is 3.42. The van der Waals surface area contributed by atoms with Crippen LogP contribution in [0.2, 0.25) is 0 Å². The minimum Gasteiger partial charge on any atom is -0.357 e. The summed E-state index contributed by atoms with van der Waals surface area (Å²) >= 11 is 1.82. The second-order valence-corrected chi connectivity index (χ2v) is 10.2. The molecule has 1 aliphatic rings. The van der Waals surface area contributed by atoms with Gasteiger partial charge in [0.15, 0.2) is 5.96 Å². The van der Waals surface area contributed by atoms with Crippen molar-refractivity contribution in [3.05, 3.63) is 51.7 Å². The quantitative estimate of drug-likeness (QED) is 0.494. The zero-order valence-electron chi connectivity index (χ0n) is 17.1. The minimum absolute atomic E-state index is 0.363. The Bertz CT molecular complexity index is 914. The molecule has 0 atom stereocenters. The molecule has 2 N–H and O–H groups in total. The second kappa shape index (κ2) is 10.2. The highest BCUT2D eigenvalue weighted by atomic mass is 32.2. The van der Waals surface area contributed by atoms with Crippen LogP contribution < -0.4 is 10.6 Å². The van der Waals surface area contributed by atoms with Gasteiger partial charge in [0.2, 0.25) is 10.0 Å². The summed E-state index contributed by atoms with van der Waals surface area (Å²) in [5, 5.41) is 6.62. The van der Waals surface area contributed by atoms with E-state index in [1.807, 2.05) is 30.4 Å². The van der Waals surface area contributed by atoms with Crippen molar-refractivity contribution in [1.82, 2.24) is 14.9 Å². The zero-order valence-corrected chi connectivity index (χ0v) is 18.8. The summed E-state index contributed by atoms with van der Waals surface area (Å²) in [6, 6.07) is 11.4. The van der Waals surface area contributed by atoms with Gasteiger partial charge < -0.3 is 10.6 Å². The molecular weight excluding hydrogens is 404 g/mol. The van der Waals surface area contributed by atoms with Crippen LogP contribution in [0, 0.1) is 0 Å². The van der Waals surface area contributed by atoms with Crippen LogP contribution >= 0.6 is 11.3 Å². The van der Waals surface area contributed by atoms with Crippen molar-refractivity contribution in [2.45, 2.75) is 51.1 Å². The molecule has 1 saturated heterocycles. The molecule has 0 unspecified atom stereocenters. The molecule has 0 radical (unpaired) electrons. The highest BCUT2D eigenvalue weighted by Gasteiger charge is 2.26. The summed E-state index contributed by atoms with van der Waals surface area (Å²) in [6.45, 7) is 7.45. The van der Waals surface area contributed by atoms with Crippen molar-refractivity contribution < 1.29 is 8.42 Å². The number of aliphatic imine (C=N–C) groups is 1. The average molecular weight is 435 g/mol. The molecule has 2 aromatic rings. The smallest absolute Gasteiger partial charge is 0.243 e. The molecule has 8 heteroatoms. The number of sulfonamides is 1. The molecule has 6 nitrogen and oxygen atoms in total. The van der Waals surface area contributed by atoms with Gasteiger partial charge in [-0.15, -0.1) is 11.3 Å². The molecule has 0 amide bonds. The molecule has 3 rings (SSSR count). The number of nitrogens with one attached hydrogen (secondary N) is 2. The number of hydrogen-bond acceptors (Lipinski definition) is 4. The highest BCUT2D eigenvalue weighted by molar-refractivity contribution is 7.89. The number of benzene rings is 1. The van der Waals surface area contributed by atoms with Crippen LogP contribution in [-0.2, 0) is 29.5 Å². The van der Waals surface area contributed by atoms with Gasteiger partial charge >= 0.3 is 0 Å². The summed E-state index contributed by atoms with van der Waals surface area (Å²) in [4.78, 5) is 7.66. The van der Waals surface area contributed by atoms with Crippen molar-refractivity contribution in [3.8, 4) is 0 Å². The van der Waals surface area contributed by atoms with Crippen LogP contribution in [0.15, 0.2) is 46.3 Å². The van der Waals surface area contributed by atoms with Crippen molar-refractivity contribution in [3.63, 3.8) is 0 Å². The number of thiophene rings is 1. The van der Waals surface area contributed by atoms with Gasteiger partial charge in [-0.2, -0.15) is 4.31 Å². The molecule has 2 heterocycles. The van der Waals surface area contributed by atoms with E-state index in [0.717, 1.165) is 43.9 Å². The van der Waals surface area contributed by atoms with Gasteiger partial charge in [-0.05, 0) is 56.0 Å². The van der Waals surface area contributed by atoms with Crippen LogP contribution in [-0.4, -0.2) is 38.3 Å². The lowest BCUT2D eigenvalue weighted by molar-refractivity contribution is 0.477. The fraction of sp³-hybridized carbons (Fsp3) is 0.476. The highest BCUT2D eigenvalue weighted by Crippen LogP contribution is 2.21. The maximum Gasteiger partial charge on any atom is 0.243 e. The summed E-state index contributed by atoms with van der Waals surface area (Å²) < 4.78 is 26.8. The SMILES string of the molecule is CCNC(=NCc1ccc(S(=O)(=O)N2CCCC2)cc1)NCc1ccc(CC)s1. The van der Waals surface area contributed by atoms with E-state index in [9.17, 15) is 8.42 Å². The molecule has 0 saturated carbocycles. The first-order valence-electron chi connectivity index (χ1n) is 10.2. The number of nitrogens with zero attached hydrogens (tertiary/aromatic N) is 2. The molecule has 29 heavy (non-hydrogen) atoms. The normalized spacial score (nSPS) is 15.6. The van der Waals surface area contributed by atoms with Crippen molar-refractivity contribution in [2.75, 3.05) is 19.6 Å². The standard InChI is InChI=1S/C21H30N4O2S2/c1-3-18-9-10-19(28-18)16-24-21(22-4-2)23-15-17-7-11-20(12-8-17)29(26,27)25-13-5-6-14-25/h7-12H,3-6,13-16H2,1-2H3,(H2,22,23,24). The fourth-order valence-corrected chi connectivity index (χ4v) is 5.65. The molecule has 1 aromatic carbocycles. The van der Waals surface area contributed by atoms with E-state index in [0.29, 0.717) is 24.5 Å². The summed E-state index contributed by atoms with van der Waals surface area (Å²) in [5.41, 5.74) is 0.979. The fourth-order valence-electron chi connectivity index (χ4n) is 3.23. The minimum atomic E-state index is -3.36. The van der Waals surface area contributed by atoms with Crippen LogP contribution in [0.1, 0.15) is 42.0 Å². The molecule has 158 valence electrons. The van der Waals surface area contributed by atoms with E-state index in [4.69, 9.17) is 0 Å². The third-order valence-electron chi connectivity index (χ3n) is 4.89. The van der Waals surface area contributed by atoms with E-state index in [2.05, 4.69) is 34.7 Å². The van der Waals surface area contributed by atoms with Gasteiger partial charge in [0.05, 0.1) is 18.0 Å². The van der Waals surface area contributed by atoms with Gasteiger partial charge in [0, 0.05) is 29.4 Å². The first kappa shape index (κ1) is 21.8. The molecular formula is C21H30N4O2S2. The number of guanidine groups is 1. The number of hydrogen-bond donors (Lipinski definition) is 2. The zero-order chi connectivity index (χ0) is 20.7. The van der Waals surface area contributed by atoms with E-state index < -0.39 is 10.0 Å². The lowest BCUT2D eigenvalue weighted by atomic mass is 10.2. The second-order valence-electron chi connectivity index (χ2n) is 7.03. The summed E-state index contributed by atoms with van der Waals surface area (Å²) in [6.07, 6.45) is 2.94. The predicted octanol–water partition coefficient (Wildman–Crippen LogP) is 3.35. The van der Waals surface area contributed by atoms with Crippen molar-refractivity contribution in [1.29, 1.82) is 0 Å². The van der Waals surface area contributed by atoms with Crippen LogP contribution in [0.25, 0.3) is 0 Å². The third-order valence-corrected chi connectivity index (χ3v) is 8.03. The lowest BCUT2D eigenvalue weighted by Gasteiger charge is -2.15. The van der Waals surface area contributed by atoms with Gasteiger partial charge in [-0.25, -0.2) is 13.4 Å². The van der Waals surface area contributed by atoms with E-state index >= 15 is 0 Å². The molecule has 0 aliphatic carbocycles. The Balaban J connectivity index is 1.61. The van der Waals surface area contributed by atoms with Crippen molar-refractivity contribution >= 4 is 27.3 Å². The first-order valence-corrected chi connectivity index (χ1v) is 12.5. The maximum absolute atomic E-state index is 12.6. The Hall–Kier alpha value is -1.90. The van der Waals surface area contributed by atoms with Gasteiger partial charge in [-0.3, -0.25) is 0 Å². The first-order chi connectivity index (χ1) is 14.0. The van der Waals surface area contributed by atoms with Crippen LogP contribution in [0.5, 0.6) is 0 Å². The summed E-state index contributed by atoms with van der Waals surface area (Å²) in [5.74, 6) is 0.757. The number of rotatable bonds is 8. The Morgan fingerprint density at radius 3 is 2.34 bits per heavy atom. The lowest BCUT2D eigenvalue weighted by Crippen LogP contribution is -2.36. The van der Waals surface area contributed by atoms with E-state index in [1.54, 1.807) is 16.4 Å². The predicted molar refractivity (Wildman–Crippen MR) is 120 cm³/mol. The van der Waals surface area contributed by atoms with Gasteiger partial charge in [0.1, 0.15) is 0 Å². The maximum atomic E-state index is 12.6. The Kier molecular flexibility index (Phi) is 7.69. The molecule has 1 aliphatic heterocycles. The van der Waals surface area contributed by atoms with Crippen molar-refractivity contribution in [2.24, 2.45) is 4.99 Å². The molecule has 1 fully saturated rings. The van der Waals surface area contributed by atoms with E-state index in [-0.39, 0.29) is 0 Å². The topological polar surface area (TPSA) is 73.8 Å². The van der Waals surface area contributed by atoms with Crippen LogP contribution in [0.3, 0.4) is 0 Å². The monoisotopic (exact) mass is 434 g/mol.